The van der Waals surface area contributed by atoms with Crippen LogP contribution in [0, 0.1) is 5.92 Å². The molecule has 3 unspecified atom stereocenters. The Kier molecular flexibility index (Phi) is 10.3. The molecule has 1 aromatic heterocycles. The molecule has 0 radical (unpaired) electrons. The number of Topliss-reactive ketones (excluding diaryl/α,β-unsaturated/α-hetero) is 2. The van der Waals surface area contributed by atoms with Crippen molar-refractivity contribution >= 4 is 17.6 Å². The fraction of sp³-hybridized carbons (Fsp3) is 0.559. The molecule has 1 heterocycles. The molecule has 3 atom stereocenters. The summed E-state index contributed by atoms with van der Waals surface area (Å²) in [5, 5.41) is 0. The minimum absolute atomic E-state index is 0.258. The van der Waals surface area contributed by atoms with E-state index >= 15 is 0 Å². The van der Waals surface area contributed by atoms with Crippen LogP contribution in [0.15, 0.2) is 42.6 Å². The third-order valence-electron chi connectivity index (χ3n) is 8.56. The normalized spacial score (nSPS) is 19.8. The number of hydrogen-bond acceptors (Lipinski definition) is 3. The molecule has 3 nitrogen and oxygen atoms in total. The lowest BCUT2D eigenvalue weighted by Crippen LogP contribution is -2.16. The summed E-state index contributed by atoms with van der Waals surface area (Å²) in [4.78, 5) is 29.2. The van der Waals surface area contributed by atoms with Crippen LogP contribution in [0.2, 0.25) is 0 Å². The van der Waals surface area contributed by atoms with Crippen LogP contribution >= 0.6 is 0 Å². The van der Waals surface area contributed by atoms with E-state index in [1.807, 2.05) is 6.20 Å². The number of fused-ring (bicyclic) bond motifs is 1. The molecule has 0 bridgehead atoms. The standard InChI is InChI=1S/C34H45NO2/c1-3-4-9-26(17-16-25(2)36)18-19-32(37)23-27-10-7-12-29(22-27)30-13-8-14-31(24-30)34-33-15-6-5-11-28(33)20-21-35-34/h6-7,10,12,15,20-22,26,30-31H,3-5,8-9,11,13-14,16-19,23-24H2,1-2H3. The van der Waals surface area contributed by atoms with Crippen LogP contribution in [-0.4, -0.2) is 16.6 Å². The average Bonchev–Trinajstić information content (AvgIpc) is 2.92. The van der Waals surface area contributed by atoms with Gasteiger partial charge in [-0.25, -0.2) is 0 Å². The predicted octanol–water partition coefficient (Wildman–Crippen LogP) is 8.55. The molecule has 1 aromatic carbocycles. The van der Waals surface area contributed by atoms with E-state index in [2.05, 4.69) is 49.4 Å². The highest BCUT2D eigenvalue weighted by atomic mass is 16.1. The number of benzene rings is 1. The van der Waals surface area contributed by atoms with Crippen molar-refractivity contribution in [1.29, 1.82) is 0 Å². The van der Waals surface area contributed by atoms with E-state index < -0.39 is 0 Å². The second kappa shape index (κ2) is 13.8. The molecule has 1 saturated carbocycles. The highest BCUT2D eigenvalue weighted by Gasteiger charge is 2.28. The summed E-state index contributed by atoms with van der Waals surface area (Å²) in [6.07, 6.45) is 20.8. The summed E-state index contributed by atoms with van der Waals surface area (Å²) >= 11 is 0. The van der Waals surface area contributed by atoms with Crippen LogP contribution in [0.1, 0.15) is 131 Å². The topological polar surface area (TPSA) is 47.0 Å². The Hall–Kier alpha value is -2.55. The molecule has 0 saturated heterocycles. The van der Waals surface area contributed by atoms with Gasteiger partial charge >= 0.3 is 0 Å². The Bertz CT molecular complexity index is 1080. The van der Waals surface area contributed by atoms with E-state index in [4.69, 9.17) is 4.98 Å². The number of hydrogen-bond donors (Lipinski definition) is 0. The number of carbonyl (C=O) groups excluding carboxylic acids is 2. The number of ketones is 2. The Morgan fingerprint density at radius 3 is 2.73 bits per heavy atom. The van der Waals surface area contributed by atoms with Gasteiger partial charge in [0.2, 0.25) is 0 Å². The Balaban J connectivity index is 1.35. The van der Waals surface area contributed by atoms with Gasteiger partial charge in [0.25, 0.3) is 0 Å². The molecule has 2 aromatic rings. The summed E-state index contributed by atoms with van der Waals surface area (Å²) < 4.78 is 0. The zero-order chi connectivity index (χ0) is 26.0. The predicted molar refractivity (Wildman–Crippen MR) is 153 cm³/mol. The van der Waals surface area contributed by atoms with Gasteiger partial charge in [-0.2, -0.15) is 0 Å². The van der Waals surface area contributed by atoms with Crippen molar-refractivity contribution in [2.24, 2.45) is 5.92 Å². The number of carbonyl (C=O) groups is 2. The number of aromatic nitrogens is 1. The van der Waals surface area contributed by atoms with Gasteiger partial charge in [-0.3, -0.25) is 9.78 Å². The lowest BCUT2D eigenvalue weighted by atomic mass is 9.75. The molecule has 0 spiro atoms. The van der Waals surface area contributed by atoms with Crippen LogP contribution in [0.5, 0.6) is 0 Å². The fourth-order valence-electron chi connectivity index (χ4n) is 6.42. The number of rotatable bonds is 13. The number of pyridine rings is 1. The molecule has 3 heteroatoms. The van der Waals surface area contributed by atoms with Crippen LogP contribution in [0.25, 0.3) is 6.08 Å². The second-order valence-corrected chi connectivity index (χ2v) is 11.5. The number of nitrogens with zero attached hydrogens (tertiary/aromatic N) is 1. The Morgan fingerprint density at radius 2 is 1.89 bits per heavy atom. The van der Waals surface area contributed by atoms with Gasteiger partial charge in [0.1, 0.15) is 11.6 Å². The molecular formula is C34H45NO2. The first-order chi connectivity index (χ1) is 18.0. The highest BCUT2D eigenvalue weighted by Crippen LogP contribution is 2.42. The smallest absolute Gasteiger partial charge is 0.137 e. The lowest BCUT2D eigenvalue weighted by molar-refractivity contribution is -0.118. The van der Waals surface area contributed by atoms with Crippen molar-refractivity contribution < 1.29 is 9.59 Å². The van der Waals surface area contributed by atoms with E-state index in [0.29, 0.717) is 42.8 Å². The fourth-order valence-corrected chi connectivity index (χ4v) is 6.42. The van der Waals surface area contributed by atoms with Crippen molar-refractivity contribution in [2.45, 2.75) is 116 Å². The summed E-state index contributed by atoms with van der Waals surface area (Å²) in [6, 6.07) is 11.0. The first kappa shape index (κ1) is 27.5. The maximum absolute atomic E-state index is 12.9. The van der Waals surface area contributed by atoms with E-state index in [0.717, 1.165) is 44.1 Å². The largest absolute Gasteiger partial charge is 0.300 e. The Labute approximate surface area is 224 Å². The third kappa shape index (κ3) is 7.97. The zero-order valence-corrected chi connectivity index (χ0v) is 23.0. The average molecular weight is 500 g/mol. The summed E-state index contributed by atoms with van der Waals surface area (Å²) in [6.45, 7) is 3.88. The minimum atomic E-state index is 0.258. The Morgan fingerprint density at radius 1 is 1.05 bits per heavy atom. The van der Waals surface area contributed by atoms with Crippen LogP contribution in [0.3, 0.4) is 0 Å². The van der Waals surface area contributed by atoms with E-state index in [9.17, 15) is 9.59 Å². The highest BCUT2D eigenvalue weighted by molar-refractivity contribution is 5.81. The molecule has 0 N–H and O–H groups in total. The molecule has 198 valence electrons. The summed E-state index contributed by atoms with van der Waals surface area (Å²) in [7, 11) is 0. The van der Waals surface area contributed by atoms with Gasteiger partial charge in [0.05, 0.1) is 5.69 Å². The molecule has 0 amide bonds. The molecule has 37 heavy (non-hydrogen) atoms. The maximum Gasteiger partial charge on any atom is 0.137 e. The zero-order valence-electron chi connectivity index (χ0n) is 23.0. The number of allylic oxidation sites excluding steroid dienone is 1. The van der Waals surface area contributed by atoms with Crippen molar-refractivity contribution in [3.8, 4) is 0 Å². The van der Waals surface area contributed by atoms with Crippen molar-refractivity contribution in [1.82, 2.24) is 4.98 Å². The molecular weight excluding hydrogens is 454 g/mol. The van der Waals surface area contributed by atoms with Crippen LogP contribution in [0.4, 0.5) is 0 Å². The molecule has 0 aliphatic heterocycles. The molecule has 2 aliphatic carbocycles. The SMILES string of the molecule is CCCCC(CCC(C)=O)CCC(=O)Cc1cccc(C2CCCC(c3nccc4c3C=CCC4)C2)c1. The maximum atomic E-state index is 12.9. The van der Waals surface area contributed by atoms with Crippen molar-refractivity contribution in [3.63, 3.8) is 0 Å². The van der Waals surface area contributed by atoms with Gasteiger partial charge in [-0.05, 0) is 92.0 Å². The van der Waals surface area contributed by atoms with Gasteiger partial charge in [-0.1, -0.05) is 69.0 Å². The van der Waals surface area contributed by atoms with E-state index in [-0.39, 0.29) is 5.78 Å². The summed E-state index contributed by atoms with van der Waals surface area (Å²) in [5.41, 5.74) is 6.66. The van der Waals surface area contributed by atoms with Crippen LogP contribution < -0.4 is 0 Å². The van der Waals surface area contributed by atoms with Gasteiger partial charge in [0.15, 0.2) is 0 Å². The van der Waals surface area contributed by atoms with Gasteiger partial charge in [0, 0.05) is 31.4 Å². The lowest BCUT2D eigenvalue weighted by Gasteiger charge is -2.31. The van der Waals surface area contributed by atoms with Gasteiger partial charge in [-0.15, -0.1) is 0 Å². The third-order valence-corrected chi connectivity index (χ3v) is 8.56. The molecule has 4 rings (SSSR count). The van der Waals surface area contributed by atoms with Crippen LogP contribution in [-0.2, 0) is 22.4 Å². The quantitative estimate of drug-likeness (QED) is 0.277. The summed E-state index contributed by atoms with van der Waals surface area (Å²) in [5.74, 6) is 2.12. The van der Waals surface area contributed by atoms with Crippen molar-refractivity contribution in [3.05, 3.63) is 70.6 Å². The first-order valence-corrected chi connectivity index (χ1v) is 14.8. The minimum Gasteiger partial charge on any atom is -0.300 e. The molecule has 1 fully saturated rings. The monoisotopic (exact) mass is 499 g/mol. The second-order valence-electron chi connectivity index (χ2n) is 11.5. The number of unbranched alkanes of at least 4 members (excludes halogenated alkanes) is 1. The van der Waals surface area contributed by atoms with Crippen molar-refractivity contribution in [2.75, 3.05) is 0 Å². The first-order valence-electron chi connectivity index (χ1n) is 14.8. The van der Waals surface area contributed by atoms with E-state index in [1.165, 1.54) is 54.5 Å². The van der Waals surface area contributed by atoms with Gasteiger partial charge < -0.3 is 4.79 Å². The number of aryl methyl sites for hydroxylation is 1. The molecule has 2 aliphatic rings. The van der Waals surface area contributed by atoms with E-state index in [1.54, 1.807) is 6.92 Å².